The molecule has 1 fully saturated rings. The Kier molecular flexibility index (Phi) is 4.40. The Labute approximate surface area is 131 Å². The highest BCUT2D eigenvalue weighted by molar-refractivity contribution is 9.10. The molecule has 112 valence electrons. The lowest BCUT2D eigenvalue weighted by molar-refractivity contribution is 0.387. The van der Waals surface area contributed by atoms with Crippen LogP contribution in [0.2, 0.25) is 0 Å². The summed E-state index contributed by atoms with van der Waals surface area (Å²) in [6, 6.07) is 2.26. The number of anilines is 1. The molecule has 1 aliphatic heterocycles. The van der Waals surface area contributed by atoms with Crippen molar-refractivity contribution in [2.24, 2.45) is 0 Å². The molecule has 0 amide bonds. The Hall–Kier alpha value is -0.310. The van der Waals surface area contributed by atoms with Crippen molar-refractivity contribution in [3.63, 3.8) is 0 Å². The number of nitrogen functional groups attached to an aromatic ring is 1. The van der Waals surface area contributed by atoms with Crippen LogP contribution in [0.3, 0.4) is 0 Å². The first kappa shape index (κ1) is 16.1. The average molecular weight is 383 g/mol. The molecule has 8 heteroatoms. The molecule has 1 aromatic rings. The molecule has 20 heavy (non-hydrogen) atoms. The predicted molar refractivity (Wildman–Crippen MR) is 83.8 cm³/mol. The van der Waals surface area contributed by atoms with Crippen molar-refractivity contribution in [2.75, 3.05) is 24.6 Å². The van der Waals surface area contributed by atoms with Crippen LogP contribution in [0.5, 0.6) is 0 Å². The van der Waals surface area contributed by atoms with Crippen LogP contribution in [0.1, 0.15) is 13.8 Å². The molecule has 2 rings (SSSR count). The van der Waals surface area contributed by atoms with Gasteiger partial charge in [0.25, 0.3) is 0 Å². The van der Waals surface area contributed by atoms with E-state index in [2.05, 4.69) is 15.9 Å². The van der Waals surface area contributed by atoms with Gasteiger partial charge in [0.1, 0.15) is 10.7 Å². The summed E-state index contributed by atoms with van der Waals surface area (Å²) in [5.74, 6) is 0.157. The smallest absolute Gasteiger partial charge is 0.245 e. The minimum Gasteiger partial charge on any atom is -0.398 e. The molecule has 0 aromatic heterocycles. The topological polar surface area (TPSA) is 63.4 Å². The molecule has 1 heterocycles. The van der Waals surface area contributed by atoms with E-state index >= 15 is 0 Å². The molecule has 1 aliphatic rings. The maximum Gasteiger partial charge on any atom is 0.245 e. The van der Waals surface area contributed by atoms with Crippen LogP contribution in [0.4, 0.5) is 10.1 Å². The van der Waals surface area contributed by atoms with Crippen molar-refractivity contribution in [3.8, 4) is 0 Å². The number of rotatable bonds is 2. The summed E-state index contributed by atoms with van der Waals surface area (Å²) in [5, 5.41) is 0. The molecule has 4 nitrogen and oxygen atoms in total. The van der Waals surface area contributed by atoms with Gasteiger partial charge in [0.2, 0.25) is 10.0 Å². The first-order valence-electron chi connectivity index (χ1n) is 6.02. The molecule has 0 atom stereocenters. The van der Waals surface area contributed by atoms with E-state index in [9.17, 15) is 12.8 Å². The third kappa shape index (κ3) is 3.13. The second-order valence-corrected chi connectivity index (χ2v) is 9.81. The second-order valence-electron chi connectivity index (χ2n) is 5.25. The minimum absolute atomic E-state index is 0.0477. The van der Waals surface area contributed by atoms with Gasteiger partial charge in [0, 0.05) is 23.6 Å². The zero-order chi connectivity index (χ0) is 15.1. The number of hydrogen-bond donors (Lipinski definition) is 1. The summed E-state index contributed by atoms with van der Waals surface area (Å²) < 4.78 is 40.0. The van der Waals surface area contributed by atoms with E-state index in [1.807, 2.05) is 13.8 Å². The van der Waals surface area contributed by atoms with Gasteiger partial charge >= 0.3 is 0 Å². The van der Waals surface area contributed by atoms with Crippen molar-refractivity contribution in [1.29, 1.82) is 0 Å². The fourth-order valence-electron chi connectivity index (χ4n) is 2.08. The van der Waals surface area contributed by atoms with E-state index in [0.717, 1.165) is 11.8 Å². The fraction of sp³-hybridized carbons (Fsp3) is 0.500. The zero-order valence-corrected chi connectivity index (χ0v) is 14.4. The van der Waals surface area contributed by atoms with E-state index in [1.165, 1.54) is 10.4 Å². The van der Waals surface area contributed by atoms with E-state index in [0.29, 0.717) is 13.1 Å². The van der Waals surface area contributed by atoms with Crippen LogP contribution in [-0.2, 0) is 10.0 Å². The van der Waals surface area contributed by atoms with Gasteiger partial charge in [-0.25, -0.2) is 12.8 Å². The number of sulfonamides is 1. The third-order valence-corrected chi connectivity index (χ3v) is 6.87. The molecule has 1 aromatic carbocycles. The zero-order valence-electron chi connectivity index (χ0n) is 11.2. The molecule has 0 saturated carbocycles. The summed E-state index contributed by atoms with van der Waals surface area (Å²) in [4.78, 5) is -0.0477. The largest absolute Gasteiger partial charge is 0.398 e. The lowest BCUT2D eigenvalue weighted by atomic mass is 10.2. The standard InChI is InChI=1S/C12H16BrFN2O2S2/c1-12(2)7-16(3-4-19-12)20(17,18)11-5-8(13)9(14)6-10(11)15/h5-6H,3-4,7,15H2,1-2H3. The number of hydrogen-bond acceptors (Lipinski definition) is 4. The maximum absolute atomic E-state index is 13.4. The molecule has 0 unspecified atom stereocenters. The van der Waals surface area contributed by atoms with Gasteiger partial charge in [0.15, 0.2) is 0 Å². The van der Waals surface area contributed by atoms with Crippen LogP contribution in [0, 0.1) is 5.82 Å². The molecular weight excluding hydrogens is 367 g/mol. The Bertz CT molecular complexity index is 635. The fourth-order valence-corrected chi connectivity index (χ4v) is 5.61. The molecular formula is C12H16BrFN2O2S2. The highest BCUT2D eigenvalue weighted by Gasteiger charge is 2.35. The Balaban J connectivity index is 2.43. The molecule has 0 radical (unpaired) electrons. The van der Waals surface area contributed by atoms with Gasteiger partial charge in [-0.2, -0.15) is 16.1 Å². The van der Waals surface area contributed by atoms with Crippen molar-refractivity contribution >= 4 is 43.4 Å². The first-order valence-corrected chi connectivity index (χ1v) is 9.24. The Morgan fingerprint density at radius 3 is 2.70 bits per heavy atom. The molecule has 0 bridgehead atoms. The maximum atomic E-state index is 13.4. The van der Waals surface area contributed by atoms with Crippen molar-refractivity contribution in [2.45, 2.75) is 23.5 Å². The van der Waals surface area contributed by atoms with E-state index in [-0.39, 0.29) is 19.8 Å². The van der Waals surface area contributed by atoms with Gasteiger partial charge in [-0.3, -0.25) is 0 Å². The summed E-state index contributed by atoms with van der Waals surface area (Å²) >= 11 is 4.74. The van der Waals surface area contributed by atoms with Gasteiger partial charge < -0.3 is 5.73 Å². The summed E-state index contributed by atoms with van der Waals surface area (Å²) in [6.07, 6.45) is 0. The van der Waals surface area contributed by atoms with E-state index in [1.54, 1.807) is 11.8 Å². The summed E-state index contributed by atoms with van der Waals surface area (Å²) in [7, 11) is -3.70. The lowest BCUT2D eigenvalue weighted by Gasteiger charge is -2.36. The highest BCUT2D eigenvalue weighted by Crippen LogP contribution is 2.34. The minimum atomic E-state index is -3.70. The van der Waals surface area contributed by atoms with Crippen LogP contribution < -0.4 is 5.73 Å². The number of nitrogens with two attached hydrogens (primary N) is 1. The Morgan fingerprint density at radius 1 is 1.45 bits per heavy atom. The SMILES string of the molecule is CC1(C)CN(S(=O)(=O)c2cc(Br)c(F)cc2N)CCS1. The molecule has 0 spiro atoms. The predicted octanol–water partition coefficient (Wildman–Crippen LogP) is 2.69. The van der Waals surface area contributed by atoms with Gasteiger partial charge in [-0.15, -0.1) is 0 Å². The average Bonchev–Trinajstić information content (AvgIpc) is 2.32. The van der Waals surface area contributed by atoms with Crippen molar-refractivity contribution in [3.05, 3.63) is 22.4 Å². The van der Waals surface area contributed by atoms with Crippen LogP contribution in [0.25, 0.3) is 0 Å². The first-order chi connectivity index (χ1) is 9.13. The van der Waals surface area contributed by atoms with E-state index in [4.69, 9.17) is 5.73 Å². The number of halogens is 2. The normalized spacial score (nSPS) is 20.0. The third-order valence-electron chi connectivity index (χ3n) is 3.06. The van der Waals surface area contributed by atoms with Crippen LogP contribution in [0.15, 0.2) is 21.5 Å². The van der Waals surface area contributed by atoms with Crippen LogP contribution in [-0.4, -0.2) is 36.3 Å². The van der Waals surface area contributed by atoms with Crippen LogP contribution >= 0.6 is 27.7 Å². The Morgan fingerprint density at radius 2 is 2.10 bits per heavy atom. The second kappa shape index (κ2) is 5.47. The highest BCUT2D eigenvalue weighted by atomic mass is 79.9. The summed E-state index contributed by atoms with van der Waals surface area (Å²) in [5.41, 5.74) is 5.61. The molecule has 0 aliphatic carbocycles. The number of thioether (sulfide) groups is 1. The van der Waals surface area contributed by atoms with Crippen molar-refractivity contribution < 1.29 is 12.8 Å². The van der Waals surface area contributed by atoms with Gasteiger partial charge in [-0.05, 0) is 41.9 Å². The van der Waals surface area contributed by atoms with Gasteiger partial charge in [-0.1, -0.05) is 0 Å². The monoisotopic (exact) mass is 382 g/mol. The van der Waals surface area contributed by atoms with Gasteiger partial charge in [0.05, 0.1) is 10.2 Å². The van der Waals surface area contributed by atoms with E-state index < -0.39 is 15.8 Å². The molecule has 2 N–H and O–H groups in total. The quantitative estimate of drug-likeness (QED) is 0.798. The molecule has 1 saturated heterocycles. The van der Waals surface area contributed by atoms with Crippen molar-refractivity contribution in [1.82, 2.24) is 4.31 Å². The number of benzene rings is 1. The summed E-state index contributed by atoms with van der Waals surface area (Å²) in [6.45, 7) is 4.85. The lowest BCUT2D eigenvalue weighted by Crippen LogP contribution is -2.46. The number of nitrogens with zero attached hydrogens (tertiary/aromatic N) is 1.